The number of allylic oxidation sites excluding steroid dienone is 4. The van der Waals surface area contributed by atoms with Gasteiger partial charge in [-0.05, 0) is 0 Å². The van der Waals surface area contributed by atoms with Gasteiger partial charge in [0.15, 0.2) is 0 Å². The molecule has 1 aliphatic carbocycles. The van der Waals surface area contributed by atoms with Crippen LogP contribution >= 0.6 is 7.22 Å². The summed E-state index contributed by atoms with van der Waals surface area (Å²) in [6.07, 6.45) is 5.25. The van der Waals surface area contributed by atoms with Gasteiger partial charge in [0, 0.05) is 0 Å². The Labute approximate surface area is 121 Å². The molecule has 0 N–H and O–H groups in total. The number of rotatable bonds is 4. The Kier molecular flexibility index (Phi) is 4.08. The van der Waals surface area contributed by atoms with E-state index in [1.165, 1.54) is 19.3 Å². The van der Waals surface area contributed by atoms with Crippen LogP contribution in [0.2, 0.25) is 0 Å². The molecule has 1 saturated carbocycles. The summed E-state index contributed by atoms with van der Waals surface area (Å²) in [6.45, 7) is 15.4. The van der Waals surface area contributed by atoms with Crippen molar-refractivity contribution in [2.24, 2.45) is 5.92 Å². The van der Waals surface area contributed by atoms with E-state index in [1.807, 2.05) is 0 Å². The topological polar surface area (TPSA) is 0 Å². The van der Waals surface area contributed by atoms with Gasteiger partial charge in [-0.1, -0.05) is 0 Å². The molecule has 0 spiro atoms. The van der Waals surface area contributed by atoms with Crippen LogP contribution in [0.5, 0.6) is 0 Å². The fraction of sp³-hybridized carbons (Fsp3) is 0.529. The fourth-order valence-corrected chi connectivity index (χ4v) is 6.95. The van der Waals surface area contributed by atoms with Crippen LogP contribution in [-0.4, -0.2) is 18.5 Å². The first-order valence-corrected chi connectivity index (χ1v) is 9.94. The summed E-state index contributed by atoms with van der Waals surface area (Å²) in [5.74, 6) is 0.365. The summed E-state index contributed by atoms with van der Waals surface area (Å²) in [7, 11) is -4.74. The van der Waals surface area contributed by atoms with Crippen molar-refractivity contribution < 1.29 is 8.39 Å². The second-order valence-electron chi connectivity index (χ2n) is 6.60. The van der Waals surface area contributed by atoms with Gasteiger partial charge < -0.3 is 0 Å². The first kappa shape index (κ1) is 15.6. The number of hydrogen-bond acceptors (Lipinski definition) is 0. The molecule has 2 fully saturated rings. The van der Waals surface area contributed by atoms with E-state index in [2.05, 4.69) is 26.3 Å². The van der Waals surface area contributed by atoms with Gasteiger partial charge in [-0.3, -0.25) is 0 Å². The van der Waals surface area contributed by atoms with Crippen molar-refractivity contribution in [2.75, 3.05) is 18.5 Å². The van der Waals surface area contributed by atoms with E-state index in [4.69, 9.17) is 0 Å². The first-order valence-electron chi connectivity index (χ1n) is 7.37. The molecule has 0 atom stereocenters. The Balaban J connectivity index is 2.05. The van der Waals surface area contributed by atoms with Gasteiger partial charge in [0.1, 0.15) is 0 Å². The van der Waals surface area contributed by atoms with Crippen LogP contribution in [-0.2, 0) is 0 Å². The maximum atomic E-state index is 14.9. The van der Waals surface area contributed by atoms with Crippen LogP contribution in [0.15, 0.2) is 48.6 Å². The Bertz CT molecular complexity index is 461. The normalized spacial score (nSPS) is 27.8. The zero-order chi connectivity index (χ0) is 15.0. The van der Waals surface area contributed by atoms with Gasteiger partial charge in [-0.15, -0.1) is 0 Å². The average molecular weight is 298 g/mol. The van der Waals surface area contributed by atoms with Crippen LogP contribution in [0.4, 0.5) is 8.39 Å². The summed E-state index contributed by atoms with van der Waals surface area (Å²) >= 11 is 0. The van der Waals surface area contributed by atoms with E-state index in [1.54, 1.807) is 0 Å². The van der Waals surface area contributed by atoms with E-state index >= 15 is 0 Å². The molecule has 2 aliphatic rings. The summed E-state index contributed by atoms with van der Waals surface area (Å²) < 4.78 is 29.8. The summed E-state index contributed by atoms with van der Waals surface area (Å²) in [4.78, 5) is 0. The Hall–Kier alpha value is -0.750. The van der Waals surface area contributed by atoms with Crippen molar-refractivity contribution in [3.63, 3.8) is 0 Å². The first-order chi connectivity index (χ1) is 9.19. The third-order valence-corrected chi connectivity index (χ3v) is 7.86. The van der Waals surface area contributed by atoms with Crippen LogP contribution in [0, 0.1) is 5.92 Å². The molecule has 0 radical (unpaired) electrons. The van der Waals surface area contributed by atoms with Gasteiger partial charge in [0.2, 0.25) is 0 Å². The van der Waals surface area contributed by atoms with Crippen molar-refractivity contribution >= 4 is 7.22 Å². The van der Waals surface area contributed by atoms with Gasteiger partial charge in [0.05, 0.1) is 0 Å². The Morgan fingerprint density at radius 3 is 2.00 bits per heavy atom. The van der Waals surface area contributed by atoms with Crippen molar-refractivity contribution in [3.8, 4) is 0 Å². The molecule has 112 valence electrons. The molecule has 0 aromatic rings. The second kappa shape index (κ2) is 5.22. The summed E-state index contributed by atoms with van der Waals surface area (Å²) in [6, 6.07) is 0. The van der Waals surface area contributed by atoms with Crippen molar-refractivity contribution in [2.45, 2.75) is 32.1 Å². The standard InChI is InChI=1S/C17H25F2P/c1-13-10-20(18,19,11-14(13)2)12-15(3)16(4)17-8-6-5-7-9-17/h17H,1-12H2. The minimum atomic E-state index is -4.74. The molecule has 0 aromatic heterocycles. The van der Waals surface area contributed by atoms with Crippen LogP contribution in [0.25, 0.3) is 0 Å². The third kappa shape index (κ3) is 3.28. The van der Waals surface area contributed by atoms with Crippen LogP contribution in [0.3, 0.4) is 0 Å². The molecule has 1 heterocycles. The summed E-state index contributed by atoms with van der Waals surface area (Å²) in [5.41, 5.74) is 2.50. The molecule has 2 rings (SSSR count). The molecule has 0 unspecified atom stereocenters. The van der Waals surface area contributed by atoms with E-state index in [9.17, 15) is 8.39 Å². The molecule has 0 nitrogen and oxygen atoms in total. The maximum absolute atomic E-state index is 14.9. The monoisotopic (exact) mass is 298 g/mol. The number of hydrogen-bond donors (Lipinski definition) is 0. The molecule has 1 saturated heterocycles. The van der Waals surface area contributed by atoms with E-state index < -0.39 is 7.22 Å². The van der Waals surface area contributed by atoms with Crippen molar-refractivity contribution in [3.05, 3.63) is 48.6 Å². The van der Waals surface area contributed by atoms with Crippen LogP contribution in [0.1, 0.15) is 32.1 Å². The molecule has 0 aromatic carbocycles. The molecule has 0 amide bonds. The molecular formula is C17H25F2P. The minimum absolute atomic E-state index is 0.165. The predicted octanol–water partition coefficient (Wildman–Crippen LogP) is 6.13. The molecular weight excluding hydrogens is 273 g/mol. The van der Waals surface area contributed by atoms with Crippen molar-refractivity contribution in [1.82, 2.24) is 0 Å². The van der Waals surface area contributed by atoms with Gasteiger partial charge in [0.25, 0.3) is 0 Å². The van der Waals surface area contributed by atoms with Gasteiger partial charge in [-0.2, -0.15) is 0 Å². The SMILES string of the molecule is C=C1CP(F)(F)(CC(=C)C(=C)C2CCCCC2)CC1=C. The quantitative estimate of drug-likeness (QED) is 0.433. The van der Waals surface area contributed by atoms with Gasteiger partial charge >= 0.3 is 121 Å². The molecule has 0 bridgehead atoms. The van der Waals surface area contributed by atoms with E-state index in [0.717, 1.165) is 18.4 Å². The molecule has 20 heavy (non-hydrogen) atoms. The van der Waals surface area contributed by atoms with Crippen LogP contribution < -0.4 is 0 Å². The molecule has 1 aliphatic heterocycles. The van der Waals surface area contributed by atoms with E-state index in [0.29, 0.717) is 22.6 Å². The third-order valence-electron chi connectivity index (χ3n) is 4.65. The molecule has 3 heteroatoms. The van der Waals surface area contributed by atoms with Crippen molar-refractivity contribution in [1.29, 1.82) is 0 Å². The predicted molar refractivity (Wildman–Crippen MR) is 86.9 cm³/mol. The zero-order valence-corrected chi connectivity index (χ0v) is 13.2. The number of halogens is 2. The fourth-order valence-electron chi connectivity index (χ4n) is 3.48. The Morgan fingerprint density at radius 2 is 1.50 bits per heavy atom. The zero-order valence-electron chi connectivity index (χ0n) is 12.3. The Morgan fingerprint density at radius 1 is 1.00 bits per heavy atom. The average Bonchev–Trinajstić information content (AvgIpc) is 2.58. The summed E-state index contributed by atoms with van der Waals surface area (Å²) in [5, 5.41) is 0. The second-order valence-corrected chi connectivity index (χ2v) is 10.4. The van der Waals surface area contributed by atoms with E-state index in [-0.39, 0.29) is 18.5 Å². The van der Waals surface area contributed by atoms with Gasteiger partial charge in [-0.25, -0.2) is 0 Å².